The van der Waals surface area contributed by atoms with Crippen LogP contribution in [0.4, 0.5) is 0 Å². The van der Waals surface area contributed by atoms with Gasteiger partial charge in [0.05, 0.1) is 31.7 Å². The number of nitrogens with zero attached hydrogens (tertiary/aromatic N) is 2. The zero-order chi connectivity index (χ0) is 20.0. The minimum Gasteiger partial charge on any atom is -0.408 e. The Morgan fingerprint density at radius 2 is 1.22 bits per heavy atom. The van der Waals surface area contributed by atoms with Crippen LogP contribution >= 0.6 is 11.3 Å². The van der Waals surface area contributed by atoms with E-state index in [9.17, 15) is 0 Å². The summed E-state index contributed by atoms with van der Waals surface area (Å²) in [6, 6.07) is 7.97. The number of quaternary nitrogens is 1. The van der Waals surface area contributed by atoms with Gasteiger partial charge in [-0.05, 0) is 40.8 Å². The highest BCUT2D eigenvalue weighted by molar-refractivity contribution is 7.63. The first-order chi connectivity index (χ1) is 13.1. The van der Waals surface area contributed by atoms with E-state index in [-0.39, 0.29) is 0 Å². The average Bonchev–Trinajstić information content (AvgIpc) is 3.07. The van der Waals surface area contributed by atoms with E-state index < -0.39 is 0 Å². The van der Waals surface area contributed by atoms with Gasteiger partial charge in [-0.2, -0.15) is 0 Å². The molecule has 0 aliphatic rings. The Labute approximate surface area is 177 Å². The van der Waals surface area contributed by atoms with Gasteiger partial charge in [-0.1, -0.05) is 71.6 Å². The Kier molecular flexibility index (Phi) is 12.9. The van der Waals surface area contributed by atoms with Crippen molar-refractivity contribution in [3.8, 4) is 0 Å². The molecule has 27 heavy (non-hydrogen) atoms. The van der Waals surface area contributed by atoms with Crippen molar-refractivity contribution >= 4 is 34.2 Å². The molecule has 1 aromatic heterocycles. The van der Waals surface area contributed by atoms with Crippen molar-refractivity contribution in [1.82, 2.24) is 4.98 Å². The molecule has 0 saturated heterocycles. The number of rotatable bonds is 12. The quantitative estimate of drug-likeness (QED) is 0.272. The summed E-state index contributed by atoms with van der Waals surface area (Å²) in [5, 5.41) is 0. The highest BCUT2D eigenvalue weighted by atomic mass is 32.2. The zero-order valence-electron chi connectivity index (χ0n) is 18.0. The molecule has 0 saturated carbocycles. The van der Waals surface area contributed by atoms with Crippen LogP contribution in [0.15, 0.2) is 28.6 Å². The lowest BCUT2D eigenvalue weighted by molar-refractivity contribution is -0.929. The molecule has 2 rings (SSSR count). The number of aromatic nitrogens is 1. The lowest BCUT2D eigenvalue weighted by atomic mass is 10.1. The number of unbranched alkanes of at least 4 members (excludes halogenated alkanes) is 4. The third-order valence-electron chi connectivity index (χ3n) is 5.22. The molecule has 0 bridgehead atoms. The van der Waals surface area contributed by atoms with Crippen LogP contribution < -0.4 is 0 Å². The largest absolute Gasteiger partial charge is 0.408 e. The molecule has 0 unspecified atom stereocenters. The monoisotopic (exact) mass is 408 g/mol. The molecule has 0 amide bonds. The number of hydrogen-bond acceptors (Lipinski definition) is 3. The maximum Gasteiger partial charge on any atom is 0.0786 e. The Morgan fingerprint density at radius 1 is 0.778 bits per heavy atom. The van der Waals surface area contributed by atoms with Crippen molar-refractivity contribution in [2.24, 2.45) is 0 Å². The molecular formula is C23H40N2S2. The van der Waals surface area contributed by atoms with Crippen LogP contribution in [0, 0.1) is 0 Å². The minimum absolute atomic E-state index is 0.723. The first kappa shape index (κ1) is 24.3. The van der Waals surface area contributed by atoms with Crippen molar-refractivity contribution in [3.63, 3.8) is 0 Å². The summed E-state index contributed by atoms with van der Waals surface area (Å²) in [6.07, 6.45) is 11.1. The highest BCUT2D eigenvalue weighted by Crippen LogP contribution is 2.20. The predicted molar refractivity (Wildman–Crippen MR) is 125 cm³/mol. The van der Waals surface area contributed by atoms with E-state index in [4.69, 9.17) is 12.6 Å². The first-order valence-electron chi connectivity index (χ1n) is 11.0. The Balaban J connectivity index is 0.000000303. The summed E-state index contributed by atoms with van der Waals surface area (Å²) in [6.45, 7) is 15.0. The zero-order valence-corrected chi connectivity index (χ0v) is 19.6. The fraction of sp³-hybridized carbons (Fsp3) is 0.696. The second kappa shape index (κ2) is 14.3. The molecule has 1 aromatic carbocycles. The van der Waals surface area contributed by atoms with Crippen LogP contribution in [0.25, 0.3) is 10.2 Å². The normalized spacial score (nSPS) is 11.4. The van der Waals surface area contributed by atoms with Gasteiger partial charge >= 0.3 is 0 Å². The van der Waals surface area contributed by atoms with Gasteiger partial charge in [0, 0.05) is 0 Å². The molecule has 2 nitrogen and oxygen atoms in total. The third-order valence-corrected chi connectivity index (χ3v) is 6.39. The van der Waals surface area contributed by atoms with E-state index in [0.29, 0.717) is 0 Å². The van der Waals surface area contributed by atoms with Crippen LogP contribution in [0.3, 0.4) is 0 Å². The number of fused-ring (bicyclic) bond motifs is 1. The number of thiazole rings is 1. The summed E-state index contributed by atoms with van der Waals surface area (Å²) >= 11 is 6.48. The summed E-state index contributed by atoms with van der Waals surface area (Å²) in [7, 11) is 0. The lowest BCUT2D eigenvalue weighted by Crippen LogP contribution is -2.50. The summed E-state index contributed by atoms with van der Waals surface area (Å²) in [4.78, 5) is 4.15. The van der Waals surface area contributed by atoms with Crippen molar-refractivity contribution in [1.29, 1.82) is 0 Å². The summed E-state index contributed by atoms with van der Waals surface area (Å²) in [5.41, 5.74) is 1.01. The van der Waals surface area contributed by atoms with Gasteiger partial charge in [0.2, 0.25) is 0 Å². The van der Waals surface area contributed by atoms with Crippen LogP contribution in [0.2, 0.25) is 0 Å². The minimum atomic E-state index is 0.723. The topological polar surface area (TPSA) is 12.9 Å². The highest BCUT2D eigenvalue weighted by Gasteiger charge is 2.24. The molecule has 0 N–H and O–H groups in total. The number of benzene rings is 1. The fourth-order valence-corrected chi connectivity index (χ4v) is 4.56. The predicted octanol–water partition coefficient (Wildman–Crippen LogP) is 7.21. The molecule has 0 aliphatic heterocycles. The van der Waals surface area contributed by atoms with Gasteiger partial charge in [0.25, 0.3) is 0 Å². The Hall–Kier alpha value is -0.710. The molecule has 4 heteroatoms. The van der Waals surface area contributed by atoms with E-state index in [1.54, 1.807) is 11.3 Å². The van der Waals surface area contributed by atoms with Crippen LogP contribution in [-0.4, -0.2) is 35.6 Å². The Bertz CT molecular complexity index is 539. The van der Waals surface area contributed by atoms with E-state index >= 15 is 0 Å². The standard InChI is InChI=1S/C16H36N.C7H5NS2/c1-5-9-13-17(14-10-6-2,15-11-7-3)16-12-8-4;9-7-8-5-3-1-2-4-6(5)10-7/h5-16H2,1-4H3;1-4H,(H,8,9)/q+1;/p-1. The van der Waals surface area contributed by atoms with E-state index in [0.717, 1.165) is 9.86 Å². The van der Waals surface area contributed by atoms with Gasteiger partial charge in [-0.3, -0.25) is 4.98 Å². The lowest BCUT2D eigenvalue weighted by Gasteiger charge is -2.39. The second-order valence-corrected chi connectivity index (χ2v) is 9.27. The smallest absolute Gasteiger partial charge is 0.0786 e. The van der Waals surface area contributed by atoms with Gasteiger partial charge in [0.15, 0.2) is 0 Å². The van der Waals surface area contributed by atoms with Gasteiger partial charge in [-0.25, -0.2) is 0 Å². The van der Waals surface area contributed by atoms with Gasteiger partial charge in [-0.15, -0.1) is 0 Å². The molecule has 2 aromatic rings. The molecule has 154 valence electrons. The fourth-order valence-electron chi connectivity index (χ4n) is 3.50. The number of hydrogen-bond donors (Lipinski definition) is 0. The van der Waals surface area contributed by atoms with E-state index in [1.807, 2.05) is 24.3 Å². The molecule has 0 spiro atoms. The van der Waals surface area contributed by atoms with Crippen LogP contribution in [0.1, 0.15) is 79.1 Å². The maximum absolute atomic E-state index is 4.92. The summed E-state index contributed by atoms with van der Waals surface area (Å²) < 4.78 is 3.32. The maximum atomic E-state index is 4.92. The SMILES string of the molecule is CCCC[N+](CCCC)(CCCC)CCCC.[S-]c1nc2ccccc2s1. The number of para-hydroxylation sites is 1. The third kappa shape index (κ3) is 9.36. The summed E-state index contributed by atoms with van der Waals surface area (Å²) in [5.74, 6) is 0. The molecule has 0 aliphatic carbocycles. The van der Waals surface area contributed by atoms with Gasteiger partial charge < -0.3 is 28.4 Å². The van der Waals surface area contributed by atoms with Crippen molar-refractivity contribution in [3.05, 3.63) is 24.3 Å². The van der Waals surface area contributed by atoms with Crippen molar-refractivity contribution < 1.29 is 4.48 Å². The van der Waals surface area contributed by atoms with E-state index in [2.05, 4.69) is 32.7 Å². The van der Waals surface area contributed by atoms with Crippen LogP contribution in [0.5, 0.6) is 0 Å². The van der Waals surface area contributed by atoms with Crippen molar-refractivity contribution in [2.45, 2.75) is 83.4 Å². The molecular weight excluding hydrogens is 368 g/mol. The van der Waals surface area contributed by atoms with Crippen molar-refractivity contribution in [2.75, 3.05) is 26.2 Å². The van der Waals surface area contributed by atoms with Crippen LogP contribution in [-0.2, 0) is 12.6 Å². The van der Waals surface area contributed by atoms with E-state index in [1.165, 1.54) is 86.7 Å². The first-order valence-corrected chi connectivity index (χ1v) is 12.2. The Morgan fingerprint density at radius 3 is 1.63 bits per heavy atom. The second-order valence-electron chi connectivity index (χ2n) is 7.60. The molecule has 0 radical (unpaired) electrons. The molecule has 1 heterocycles. The molecule has 0 fully saturated rings. The van der Waals surface area contributed by atoms with Gasteiger partial charge in [0.1, 0.15) is 0 Å². The average molecular weight is 409 g/mol. The molecule has 0 atom stereocenters.